The first-order valence-corrected chi connectivity index (χ1v) is 12.1. The number of hydrogen-bond acceptors (Lipinski definition) is 6. The molecule has 3 aromatic rings. The molecule has 2 aliphatic rings. The summed E-state index contributed by atoms with van der Waals surface area (Å²) in [7, 11) is 3.09. The SMILES string of the molecule is COc1ccc(C2C3=C(CC(C)(C)CC3=O)N=c3sc(=Cc4ccccc4F)c(=O)n32)cc1OC. The molecule has 1 aliphatic heterocycles. The standard InChI is InChI=1S/C27H25FN2O4S/c1-27(2)13-18-23(19(31)14-27)24(16-9-10-20(33-3)21(11-16)34-4)30-25(32)22(35-26(30)29-18)12-15-7-5-6-8-17(15)28/h5-12,24H,13-14H2,1-4H3. The minimum absolute atomic E-state index is 0.0248. The van der Waals surface area contributed by atoms with Crippen LogP contribution in [0.15, 0.2) is 63.5 Å². The number of allylic oxidation sites excluding steroid dienone is 2. The summed E-state index contributed by atoms with van der Waals surface area (Å²) in [5.41, 5.74) is 1.72. The number of nitrogens with zero attached hydrogens (tertiary/aromatic N) is 2. The van der Waals surface area contributed by atoms with Crippen LogP contribution in [0, 0.1) is 11.2 Å². The van der Waals surface area contributed by atoms with Crippen molar-refractivity contribution in [3.63, 3.8) is 0 Å². The molecule has 1 unspecified atom stereocenters. The van der Waals surface area contributed by atoms with E-state index in [0.717, 1.165) is 5.56 Å². The largest absolute Gasteiger partial charge is 0.493 e. The smallest absolute Gasteiger partial charge is 0.271 e. The minimum atomic E-state index is -0.660. The fraction of sp³-hybridized carbons (Fsp3) is 0.296. The van der Waals surface area contributed by atoms with Gasteiger partial charge in [0, 0.05) is 17.6 Å². The maximum atomic E-state index is 14.3. The Balaban J connectivity index is 1.79. The molecule has 0 spiro atoms. The highest BCUT2D eigenvalue weighted by Crippen LogP contribution is 2.44. The summed E-state index contributed by atoms with van der Waals surface area (Å²) in [6, 6.07) is 11.0. The highest BCUT2D eigenvalue weighted by Gasteiger charge is 2.40. The predicted octanol–water partition coefficient (Wildman–Crippen LogP) is 3.76. The third kappa shape index (κ3) is 4.01. The number of benzene rings is 2. The summed E-state index contributed by atoms with van der Waals surface area (Å²) in [4.78, 5) is 32.4. The molecule has 1 atom stereocenters. The van der Waals surface area contributed by atoms with Crippen molar-refractivity contribution < 1.29 is 18.7 Å². The van der Waals surface area contributed by atoms with Crippen LogP contribution in [0.2, 0.25) is 0 Å². The van der Waals surface area contributed by atoms with Gasteiger partial charge in [0.25, 0.3) is 5.56 Å². The van der Waals surface area contributed by atoms with Crippen LogP contribution >= 0.6 is 11.3 Å². The van der Waals surface area contributed by atoms with Crippen molar-refractivity contribution in [2.24, 2.45) is 10.4 Å². The Bertz CT molecular complexity index is 1560. The van der Waals surface area contributed by atoms with E-state index in [1.165, 1.54) is 17.4 Å². The normalized spacial score (nSPS) is 19.2. The van der Waals surface area contributed by atoms with Gasteiger partial charge >= 0.3 is 0 Å². The fourth-order valence-electron chi connectivity index (χ4n) is 4.82. The van der Waals surface area contributed by atoms with Crippen LogP contribution in [0.1, 0.15) is 43.9 Å². The molecule has 6 nitrogen and oxygen atoms in total. The van der Waals surface area contributed by atoms with Crippen molar-refractivity contribution in [1.29, 1.82) is 0 Å². The number of Topliss-reactive ketones (excluding diaryl/α,β-unsaturated/α-hetero) is 1. The summed E-state index contributed by atoms with van der Waals surface area (Å²) >= 11 is 1.20. The van der Waals surface area contributed by atoms with E-state index in [1.54, 1.807) is 55.2 Å². The highest BCUT2D eigenvalue weighted by molar-refractivity contribution is 7.07. The zero-order valence-electron chi connectivity index (χ0n) is 19.9. The van der Waals surface area contributed by atoms with Crippen LogP contribution in [0.5, 0.6) is 11.5 Å². The number of fused-ring (bicyclic) bond motifs is 1. The quantitative estimate of drug-likeness (QED) is 0.556. The number of ether oxygens (including phenoxy) is 2. The predicted molar refractivity (Wildman–Crippen MR) is 132 cm³/mol. The van der Waals surface area contributed by atoms with Crippen LogP contribution in [-0.4, -0.2) is 24.6 Å². The van der Waals surface area contributed by atoms with Crippen molar-refractivity contribution in [1.82, 2.24) is 4.57 Å². The highest BCUT2D eigenvalue weighted by atomic mass is 32.1. The van der Waals surface area contributed by atoms with Crippen molar-refractivity contribution in [2.75, 3.05) is 14.2 Å². The molecule has 0 N–H and O–H groups in total. The van der Waals surface area contributed by atoms with E-state index in [-0.39, 0.29) is 16.8 Å². The minimum Gasteiger partial charge on any atom is -0.493 e. The number of halogens is 1. The number of ketones is 1. The second kappa shape index (κ2) is 8.61. The van der Waals surface area contributed by atoms with Gasteiger partial charge < -0.3 is 9.47 Å². The number of carbonyl (C=O) groups excluding carboxylic acids is 1. The number of thiazole rings is 1. The summed E-state index contributed by atoms with van der Waals surface area (Å²) in [5.74, 6) is 0.615. The van der Waals surface area contributed by atoms with E-state index in [0.29, 0.717) is 50.5 Å². The Kier molecular flexibility index (Phi) is 5.71. The van der Waals surface area contributed by atoms with E-state index in [4.69, 9.17) is 14.5 Å². The molecule has 0 radical (unpaired) electrons. The van der Waals surface area contributed by atoms with Gasteiger partial charge in [0.15, 0.2) is 22.1 Å². The molecule has 1 aliphatic carbocycles. The van der Waals surface area contributed by atoms with Crippen LogP contribution in [0.25, 0.3) is 6.08 Å². The number of hydrogen-bond donors (Lipinski definition) is 0. The molecule has 2 heterocycles. The van der Waals surface area contributed by atoms with Gasteiger partial charge in [-0.2, -0.15) is 0 Å². The summed E-state index contributed by atoms with van der Waals surface area (Å²) in [6.07, 6.45) is 2.53. The topological polar surface area (TPSA) is 69.9 Å². The van der Waals surface area contributed by atoms with E-state index in [2.05, 4.69) is 0 Å². The van der Waals surface area contributed by atoms with Gasteiger partial charge in [-0.1, -0.05) is 49.4 Å². The van der Waals surface area contributed by atoms with Crippen molar-refractivity contribution >= 4 is 23.2 Å². The summed E-state index contributed by atoms with van der Waals surface area (Å²) < 4.78 is 27.1. The molecule has 8 heteroatoms. The summed E-state index contributed by atoms with van der Waals surface area (Å²) in [6.45, 7) is 4.09. The third-order valence-electron chi connectivity index (χ3n) is 6.41. The fourth-order valence-corrected chi connectivity index (χ4v) is 5.83. The molecule has 0 saturated carbocycles. The van der Waals surface area contributed by atoms with Crippen molar-refractivity contribution in [3.05, 3.63) is 90.4 Å². The molecule has 0 bridgehead atoms. The lowest BCUT2D eigenvalue weighted by molar-refractivity contribution is -0.118. The number of rotatable bonds is 4. The average Bonchev–Trinajstić information content (AvgIpc) is 3.12. The second-order valence-electron chi connectivity index (χ2n) is 9.52. The van der Waals surface area contributed by atoms with Gasteiger partial charge in [-0.15, -0.1) is 0 Å². The average molecular weight is 493 g/mol. The van der Waals surface area contributed by atoms with Crippen LogP contribution < -0.4 is 24.4 Å². The lowest BCUT2D eigenvalue weighted by Gasteiger charge is -2.35. The molecule has 1 aromatic heterocycles. The molecular formula is C27H25FN2O4S. The van der Waals surface area contributed by atoms with Crippen molar-refractivity contribution in [3.8, 4) is 11.5 Å². The molecule has 0 saturated heterocycles. The zero-order chi connectivity index (χ0) is 24.9. The first-order valence-electron chi connectivity index (χ1n) is 11.3. The van der Waals surface area contributed by atoms with E-state index >= 15 is 0 Å². The molecule has 5 rings (SSSR count). The third-order valence-corrected chi connectivity index (χ3v) is 7.39. The Hall–Kier alpha value is -3.52. The molecule has 0 fully saturated rings. The van der Waals surface area contributed by atoms with E-state index < -0.39 is 11.9 Å². The van der Waals surface area contributed by atoms with Gasteiger partial charge in [0.2, 0.25) is 0 Å². The molecular weight excluding hydrogens is 467 g/mol. The first kappa shape index (κ1) is 23.2. The van der Waals surface area contributed by atoms with Gasteiger partial charge in [-0.05, 0) is 41.7 Å². The van der Waals surface area contributed by atoms with E-state index in [1.807, 2.05) is 19.9 Å². The zero-order valence-corrected chi connectivity index (χ0v) is 20.7. The Labute approximate surface area is 205 Å². The lowest BCUT2D eigenvalue weighted by Crippen LogP contribution is -2.42. The molecule has 0 amide bonds. The number of carbonyl (C=O) groups is 1. The molecule has 180 valence electrons. The van der Waals surface area contributed by atoms with Crippen LogP contribution in [-0.2, 0) is 4.79 Å². The first-order chi connectivity index (χ1) is 16.7. The van der Waals surface area contributed by atoms with E-state index in [9.17, 15) is 14.0 Å². The van der Waals surface area contributed by atoms with Crippen LogP contribution in [0.3, 0.4) is 0 Å². The van der Waals surface area contributed by atoms with Gasteiger partial charge in [-0.3, -0.25) is 14.2 Å². The molecule has 2 aromatic carbocycles. The van der Waals surface area contributed by atoms with Crippen LogP contribution in [0.4, 0.5) is 4.39 Å². The van der Waals surface area contributed by atoms with Gasteiger partial charge in [0.05, 0.1) is 30.5 Å². The number of aromatic nitrogens is 1. The Morgan fingerprint density at radius 2 is 1.83 bits per heavy atom. The molecule has 35 heavy (non-hydrogen) atoms. The van der Waals surface area contributed by atoms with Crippen molar-refractivity contribution in [2.45, 2.75) is 32.7 Å². The lowest BCUT2D eigenvalue weighted by atomic mass is 9.73. The Morgan fingerprint density at radius 1 is 1.09 bits per heavy atom. The maximum Gasteiger partial charge on any atom is 0.271 e. The maximum absolute atomic E-state index is 14.3. The Morgan fingerprint density at radius 3 is 2.54 bits per heavy atom. The summed E-state index contributed by atoms with van der Waals surface area (Å²) in [5, 5.41) is 0. The second-order valence-corrected chi connectivity index (χ2v) is 10.5. The number of methoxy groups -OCH3 is 2. The van der Waals surface area contributed by atoms with Gasteiger partial charge in [0.1, 0.15) is 5.82 Å². The monoisotopic (exact) mass is 492 g/mol. The van der Waals surface area contributed by atoms with Gasteiger partial charge in [-0.25, -0.2) is 9.38 Å².